The third-order valence-corrected chi connectivity index (χ3v) is 5.91. The molecule has 0 spiro atoms. The number of anilines is 1. The summed E-state index contributed by atoms with van der Waals surface area (Å²) >= 11 is 9.39. The number of carbonyl (C=O) groups excluding carboxylic acids is 1. The minimum Gasteiger partial charge on any atom is -0.338 e. The van der Waals surface area contributed by atoms with Gasteiger partial charge in [-0.05, 0) is 56.3 Å². The number of hydrogen-bond acceptors (Lipinski definition) is 5. The van der Waals surface area contributed by atoms with E-state index in [1.165, 1.54) is 6.07 Å². The number of nitrogens with one attached hydrogen (secondary N) is 1. The SMILES string of the molecule is O=C(Nc1ccc(Br)cc1F)C1CCN(Cc2nc(-c3ccccc3Cl)no2)CC1. The lowest BCUT2D eigenvalue weighted by molar-refractivity contribution is -0.121. The molecule has 0 unspecified atom stereocenters. The van der Waals surface area contributed by atoms with Crippen molar-refractivity contribution in [2.45, 2.75) is 19.4 Å². The molecule has 1 saturated heterocycles. The maximum absolute atomic E-state index is 13.9. The Morgan fingerprint density at radius 2 is 2.03 bits per heavy atom. The maximum atomic E-state index is 13.9. The van der Waals surface area contributed by atoms with Gasteiger partial charge < -0.3 is 9.84 Å². The Hall–Kier alpha value is -2.29. The number of benzene rings is 2. The molecule has 1 aliphatic heterocycles. The van der Waals surface area contributed by atoms with E-state index < -0.39 is 5.82 Å². The zero-order valence-corrected chi connectivity index (χ0v) is 18.3. The second kappa shape index (κ2) is 9.24. The van der Waals surface area contributed by atoms with Crippen LogP contribution in [-0.2, 0) is 11.3 Å². The van der Waals surface area contributed by atoms with E-state index in [-0.39, 0.29) is 17.5 Å². The van der Waals surface area contributed by atoms with Gasteiger partial charge in [-0.2, -0.15) is 4.98 Å². The summed E-state index contributed by atoms with van der Waals surface area (Å²) < 4.78 is 19.9. The number of amides is 1. The van der Waals surface area contributed by atoms with Crippen molar-refractivity contribution in [3.8, 4) is 11.4 Å². The molecule has 0 aliphatic carbocycles. The summed E-state index contributed by atoms with van der Waals surface area (Å²) in [6.45, 7) is 1.93. The number of aromatic nitrogens is 2. The lowest BCUT2D eigenvalue weighted by Crippen LogP contribution is -2.37. The van der Waals surface area contributed by atoms with Crippen LogP contribution in [0.25, 0.3) is 11.4 Å². The Labute approximate surface area is 186 Å². The molecule has 1 amide bonds. The van der Waals surface area contributed by atoms with E-state index in [1.54, 1.807) is 18.2 Å². The highest BCUT2D eigenvalue weighted by Crippen LogP contribution is 2.26. The van der Waals surface area contributed by atoms with Crippen molar-refractivity contribution < 1.29 is 13.7 Å². The van der Waals surface area contributed by atoms with Crippen LogP contribution in [-0.4, -0.2) is 34.0 Å². The van der Waals surface area contributed by atoms with Crippen molar-refractivity contribution in [3.05, 3.63) is 63.7 Å². The molecule has 1 N–H and O–H groups in total. The van der Waals surface area contributed by atoms with E-state index in [2.05, 4.69) is 36.3 Å². The average Bonchev–Trinajstić information content (AvgIpc) is 3.19. The number of carbonyl (C=O) groups is 1. The van der Waals surface area contributed by atoms with Gasteiger partial charge in [0.15, 0.2) is 0 Å². The molecule has 156 valence electrons. The predicted octanol–water partition coefficient (Wildman–Crippen LogP) is 5.14. The molecule has 1 fully saturated rings. The van der Waals surface area contributed by atoms with Crippen LogP contribution < -0.4 is 5.32 Å². The van der Waals surface area contributed by atoms with Crippen LogP contribution in [0.3, 0.4) is 0 Å². The molecular weight excluding hydrogens is 475 g/mol. The quantitative estimate of drug-likeness (QED) is 0.533. The molecule has 0 atom stereocenters. The van der Waals surface area contributed by atoms with Crippen LogP contribution in [0.5, 0.6) is 0 Å². The van der Waals surface area contributed by atoms with Gasteiger partial charge in [0.25, 0.3) is 0 Å². The number of piperidine rings is 1. The highest BCUT2D eigenvalue weighted by molar-refractivity contribution is 9.10. The standard InChI is InChI=1S/C21H19BrClFN4O2/c22-14-5-6-18(17(24)11-14)25-21(29)13-7-9-28(10-8-13)12-19-26-20(27-30-19)15-3-1-2-4-16(15)23/h1-6,11,13H,7-10,12H2,(H,25,29). The number of nitrogens with zero attached hydrogens (tertiary/aromatic N) is 3. The summed E-state index contributed by atoms with van der Waals surface area (Å²) in [5.74, 6) is 0.187. The molecule has 9 heteroatoms. The lowest BCUT2D eigenvalue weighted by atomic mass is 9.96. The Kier molecular flexibility index (Phi) is 6.46. The van der Waals surface area contributed by atoms with Crippen LogP contribution in [0.15, 0.2) is 51.5 Å². The van der Waals surface area contributed by atoms with Gasteiger partial charge in [-0.25, -0.2) is 4.39 Å². The van der Waals surface area contributed by atoms with Crippen molar-refractivity contribution in [1.82, 2.24) is 15.0 Å². The normalized spacial score (nSPS) is 15.3. The highest BCUT2D eigenvalue weighted by atomic mass is 79.9. The topological polar surface area (TPSA) is 71.3 Å². The van der Waals surface area contributed by atoms with Crippen LogP contribution in [0.1, 0.15) is 18.7 Å². The van der Waals surface area contributed by atoms with Crippen LogP contribution in [0.2, 0.25) is 5.02 Å². The van der Waals surface area contributed by atoms with Crippen molar-refractivity contribution in [2.75, 3.05) is 18.4 Å². The molecule has 4 rings (SSSR count). The van der Waals surface area contributed by atoms with E-state index in [4.69, 9.17) is 16.1 Å². The largest absolute Gasteiger partial charge is 0.338 e. The zero-order valence-electron chi connectivity index (χ0n) is 15.9. The zero-order chi connectivity index (χ0) is 21.1. The van der Waals surface area contributed by atoms with Crippen molar-refractivity contribution in [1.29, 1.82) is 0 Å². The molecule has 6 nitrogen and oxygen atoms in total. The number of halogens is 3. The molecule has 3 aromatic rings. The third kappa shape index (κ3) is 4.88. The van der Waals surface area contributed by atoms with Crippen LogP contribution in [0, 0.1) is 11.7 Å². The first-order valence-corrected chi connectivity index (χ1v) is 10.7. The third-order valence-electron chi connectivity index (χ3n) is 5.09. The highest BCUT2D eigenvalue weighted by Gasteiger charge is 2.26. The molecule has 1 aromatic heterocycles. The fraction of sp³-hybridized carbons (Fsp3) is 0.286. The lowest BCUT2D eigenvalue weighted by Gasteiger charge is -2.30. The van der Waals surface area contributed by atoms with Gasteiger partial charge in [-0.15, -0.1) is 0 Å². The fourth-order valence-corrected chi connectivity index (χ4v) is 3.99. The van der Waals surface area contributed by atoms with Gasteiger partial charge in [-0.3, -0.25) is 9.69 Å². The molecule has 1 aliphatic rings. The van der Waals surface area contributed by atoms with Gasteiger partial charge in [-0.1, -0.05) is 44.8 Å². The average molecular weight is 494 g/mol. The number of likely N-dealkylation sites (tertiary alicyclic amines) is 1. The summed E-state index contributed by atoms with van der Waals surface area (Å²) in [6.07, 6.45) is 1.35. The van der Waals surface area contributed by atoms with Crippen LogP contribution in [0.4, 0.5) is 10.1 Å². The maximum Gasteiger partial charge on any atom is 0.241 e. The molecular formula is C21H19BrClFN4O2. The smallest absolute Gasteiger partial charge is 0.241 e. The van der Waals surface area contributed by atoms with E-state index in [0.717, 1.165) is 5.56 Å². The van der Waals surface area contributed by atoms with Crippen molar-refractivity contribution in [2.24, 2.45) is 5.92 Å². The van der Waals surface area contributed by atoms with Gasteiger partial charge in [0.1, 0.15) is 5.82 Å². The second-order valence-corrected chi connectivity index (χ2v) is 8.48. The molecule has 0 radical (unpaired) electrons. The molecule has 0 bridgehead atoms. The summed E-state index contributed by atoms with van der Waals surface area (Å²) in [5.41, 5.74) is 0.924. The van der Waals surface area contributed by atoms with Crippen LogP contribution >= 0.6 is 27.5 Å². The Balaban J connectivity index is 1.31. The summed E-state index contributed by atoms with van der Waals surface area (Å²) in [7, 11) is 0. The first kappa shape index (κ1) is 21.0. The van der Waals surface area contributed by atoms with E-state index in [9.17, 15) is 9.18 Å². The molecule has 2 heterocycles. The number of hydrogen-bond donors (Lipinski definition) is 1. The molecule has 0 saturated carbocycles. The van der Waals surface area contributed by atoms with Gasteiger partial charge in [0, 0.05) is 16.0 Å². The summed E-state index contributed by atoms with van der Waals surface area (Å²) in [4.78, 5) is 19.1. The monoisotopic (exact) mass is 492 g/mol. The Bertz CT molecular complexity index is 1050. The predicted molar refractivity (Wildman–Crippen MR) is 115 cm³/mol. The number of rotatable bonds is 5. The minimum atomic E-state index is -0.458. The summed E-state index contributed by atoms with van der Waals surface area (Å²) in [5, 5.41) is 7.28. The van der Waals surface area contributed by atoms with Gasteiger partial charge in [0.2, 0.25) is 17.6 Å². The first-order chi connectivity index (χ1) is 14.5. The van der Waals surface area contributed by atoms with Crippen molar-refractivity contribution in [3.63, 3.8) is 0 Å². The Morgan fingerprint density at radius 1 is 1.27 bits per heavy atom. The van der Waals surface area contributed by atoms with Gasteiger partial charge >= 0.3 is 0 Å². The minimum absolute atomic E-state index is 0.158. The van der Waals surface area contributed by atoms with E-state index in [0.29, 0.717) is 53.7 Å². The van der Waals surface area contributed by atoms with E-state index in [1.807, 2.05) is 18.2 Å². The fourth-order valence-electron chi connectivity index (χ4n) is 3.44. The second-order valence-electron chi connectivity index (χ2n) is 7.16. The van der Waals surface area contributed by atoms with Crippen molar-refractivity contribution >= 4 is 39.1 Å². The van der Waals surface area contributed by atoms with E-state index >= 15 is 0 Å². The Morgan fingerprint density at radius 3 is 2.77 bits per heavy atom. The first-order valence-electron chi connectivity index (χ1n) is 9.55. The molecule has 30 heavy (non-hydrogen) atoms. The summed E-state index contributed by atoms with van der Waals surface area (Å²) in [6, 6.07) is 11.9. The molecule has 2 aromatic carbocycles. The van der Waals surface area contributed by atoms with Gasteiger partial charge in [0.05, 0.1) is 17.3 Å².